The minimum absolute atomic E-state index is 0.0242. The highest BCUT2D eigenvalue weighted by molar-refractivity contribution is 5.97. The second kappa shape index (κ2) is 8.64. The summed E-state index contributed by atoms with van der Waals surface area (Å²) in [5, 5.41) is 30.0. The van der Waals surface area contributed by atoms with Crippen molar-refractivity contribution in [1.29, 1.82) is 0 Å². The van der Waals surface area contributed by atoms with Crippen molar-refractivity contribution in [2.45, 2.75) is 38.1 Å². The fourth-order valence-corrected chi connectivity index (χ4v) is 2.51. The maximum absolute atomic E-state index is 12.4. The molecule has 0 saturated carbocycles. The van der Waals surface area contributed by atoms with E-state index in [2.05, 4.69) is 0 Å². The number of aromatic hydroxyl groups is 1. The van der Waals surface area contributed by atoms with Crippen LogP contribution in [0.4, 0.5) is 0 Å². The monoisotopic (exact) mass is 362 g/mol. The van der Waals surface area contributed by atoms with Crippen molar-refractivity contribution in [3.05, 3.63) is 41.5 Å². The van der Waals surface area contributed by atoms with E-state index in [9.17, 15) is 24.9 Å². The molecule has 1 heterocycles. The Morgan fingerprint density at radius 1 is 1.12 bits per heavy atom. The summed E-state index contributed by atoms with van der Waals surface area (Å²) in [6, 6.07) is 2.84. The number of esters is 1. The van der Waals surface area contributed by atoms with Gasteiger partial charge in [-0.25, -0.2) is 4.79 Å². The van der Waals surface area contributed by atoms with Gasteiger partial charge in [-0.15, -0.1) is 0 Å². The Labute approximate surface area is 151 Å². The van der Waals surface area contributed by atoms with Gasteiger partial charge in [-0.3, -0.25) is 4.79 Å². The van der Waals surface area contributed by atoms with Gasteiger partial charge in [0.25, 0.3) is 0 Å². The number of carbonyl (C=O) groups is 2. The Hall–Kier alpha value is -2.64. The number of phenolic OH excluding ortho intramolecular Hbond substituents is 1. The normalized spacial score (nSPS) is 27.0. The third kappa shape index (κ3) is 4.71. The largest absolute Gasteiger partial charge is 0.507 e. The van der Waals surface area contributed by atoms with E-state index in [1.54, 1.807) is 6.92 Å². The summed E-state index contributed by atoms with van der Waals surface area (Å²) in [5.41, 5.74) is 0.306. The zero-order valence-corrected chi connectivity index (χ0v) is 14.6. The number of ketones is 1. The molecule has 7 heteroatoms. The molecule has 0 amide bonds. The molecule has 1 aromatic carbocycles. The first-order chi connectivity index (χ1) is 12.3. The Morgan fingerprint density at radius 2 is 1.81 bits per heavy atom. The maximum Gasteiger partial charge on any atom is 0.342 e. The fraction of sp³-hybridized carbons (Fsp3) is 0.368. The van der Waals surface area contributed by atoms with Crippen molar-refractivity contribution in [2.24, 2.45) is 0 Å². The van der Waals surface area contributed by atoms with Crippen LogP contribution in [0, 0.1) is 0 Å². The minimum atomic E-state index is -1.55. The first kappa shape index (κ1) is 19.7. The van der Waals surface area contributed by atoms with E-state index in [1.807, 2.05) is 0 Å². The molecule has 1 aliphatic rings. The van der Waals surface area contributed by atoms with Crippen molar-refractivity contribution >= 4 is 17.8 Å². The maximum atomic E-state index is 12.4. The number of cyclic esters (lactones) is 1. The second-order valence-electron chi connectivity index (χ2n) is 6.02. The number of rotatable bonds is 1. The Bertz CT molecular complexity index is 736. The molecule has 140 valence electrons. The summed E-state index contributed by atoms with van der Waals surface area (Å²) < 4.78 is 10.4. The molecule has 0 fully saturated rings. The number of hydrogen-bond donors (Lipinski definition) is 3. The van der Waals surface area contributed by atoms with Gasteiger partial charge < -0.3 is 24.8 Å². The summed E-state index contributed by atoms with van der Waals surface area (Å²) in [6.07, 6.45) is 2.42. The molecule has 0 aliphatic carbocycles. The number of benzene rings is 1. The molecule has 1 unspecified atom stereocenters. The number of aliphatic hydroxyl groups is 2. The first-order valence-corrected chi connectivity index (χ1v) is 8.18. The van der Waals surface area contributed by atoms with Crippen molar-refractivity contribution in [2.75, 3.05) is 7.11 Å². The van der Waals surface area contributed by atoms with Crippen molar-refractivity contribution in [3.8, 4) is 11.5 Å². The van der Waals surface area contributed by atoms with E-state index < -0.39 is 30.1 Å². The zero-order valence-electron chi connectivity index (χ0n) is 14.6. The molecule has 3 N–H and O–H groups in total. The SMILES string of the molecule is COc1cc(O)c2c(c1)/C=C/C[C@@H](O)[C@@H](O)C(=O)/C=C\CC(C)OC2=O. The smallest absolute Gasteiger partial charge is 0.342 e. The molecule has 0 radical (unpaired) electrons. The van der Waals surface area contributed by atoms with Crippen LogP contribution in [0.5, 0.6) is 11.5 Å². The molecule has 0 bridgehead atoms. The van der Waals surface area contributed by atoms with Gasteiger partial charge in [0.05, 0.1) is 13.2 Å². The van der Waals surface area contributed by atoms with Gasteiger partial charge in [0.1, 0.15) is 29.3 Å². The van der Waals surface area contributed by atoms with Crippen molar-refractivity contribution in [3.63, 3.8) is 0 Å². The lowest BCUT2D eigenvalue weighted by molar-refractivity contribution is -0.127. The van der Waals surface area contributed by atoms with E-state index in [1.165, 1.54) is 37.5 Å². The number of hydrogen-bond acceptors (Lipinski definition) is 7. The molecule has 26 heavy (non-hydrogen) atoms. The number of aliphatic hydroxyl groups excluding tert-OH is 2. The molecule has 1 aliphatic heterocycles. The van der Waals surface area contributed by atoms with Crippen LogP contribution in [0.2, 0.25) is 0 Å². The molecule has 3 atom stereocenters. The third-order valence-electron chi connectivity index (χ3n) is 3.95. The van der Waals surface area contributed by atoms with E-state index in [0.29, 0.717) is 11.3 Å². The molecular weight excluding hydrogens is 340 g/mol. The number of ether oxygens (including phenoxy) is 2. The van der Waals surface area contributed by atoms with Gasteiger partial charge in [0, 0.05) is 12.5 Å². The average molecular weight is 362 g/mol. The highest BCUT2D eigenvalue weighted by Crippen LogP contribution is 2.30. The molecule has 0 spiro atoms. The lowest BCUT2D eigenvalue weighted by Gasteiger charge is -2.16. The van der Waals surface area contributed by atoms with Crippen molar-refractivity contribution < 1.29 is 34.4 Å². The third-order valence-corrected chi connectivity index (χ3v) is 3.95. The first-order valence-electron chi connectivity index (χ1n) is 8.18. The number of carbonyl (C=O) groups excluding carboxylic acids is 2. The van der Waals surface area contributed by atoms with Gasteiger partial charge in [-0.05, 0) is 31.1 Å². The minimum Gasteiger partial charge on any atom is -0.507 e. The van der Waals surface area contributed by atoms with Gasteiger partial charge in [-0.1, -0.05) is 18.2 Å². The Morgan fingerprint density at radius 3 is 2.50 bits per heavy atom. The molecule has 1 aromatic rings. The zero-order chi connectivity index (χ0) is 19.3. The number of methoxy groups -OCH3 is 1. The summed E-state index contributed by atoms with van der Waals surface area (Å²) in [5.74, 6) is -1.29. The topological polar surface area (TPSA) is 113 Å². The van der Waals surface area contributed by atoms with Crippen LogP contribution in [-0.4, -0.2) is 52.5 Å². The molecule has 0 aromatic heterocycles. The summed E-state index contributed by atoms with van der Waals surface area (Å²) in [4.78, 5) is 24.3. The van der Waals surface area contributed by atoms with Gasteiger partial charge >= 0.3 is 5.97 Å². The standard InChI is InChI=1S/C19H22O7/c1-11-5-3-7-14(20)18(23)15(21)8-4-6-12-9-13(25-2)10-16(22)17(12)19(24)26-11/h3-4,6-7,9-11,15,18,21-23H,5,8H2,1-2H3/b6-4+,7-3-/t11?,15-,18+/m1/s1. The van der Waals surface area contributed by atoms with E-state index in [4.69, 9.17) is 9.47 Å². The van der Waals surface area contributed by atoms with Crippen LogP contribution in [0.25, 0.3) is 6.08 Å². The average Bonchev–Trinajstić information content (AvgIpc) is 2.59. The van der Waals surface area contributed by atoms with Crippen LogP contribution in [0.15, 0.2) is 30.4 Å². The predicted octanol–water partition coefficient (Wildman–Crippen LogP) is 1.60. The summed E-state index contributed by atoms with van der Waals surface area (Å²) >= 11 is 0. The highest BCUT2D eigenvalue weighted by Gasteiger charge is 2.23. The van der Waals surface area contributed by atoms with Crippen LogP contribution >= 0.6 is 0 Å². The number of phenols is 1. The second-order valence-corrected chi connectivity index (χ2v) is 6.02. The molecule has 2 rings (SSSR count). The lowest BCUT2D eigenvalue weighted by Crippen LogP contribution is -2.32. The van der Waals surface area contributed by atoms with Gasteiger partial charge in [-0.2, -0.15) is 0 Å². The molecule has 7 nitrogen and oxygen atoms in total. The Kier molecular flexibility index (Phi) is 6.54. The lowest BCUT2D eigenvalue weighted by atomic mass is 10.0. The summed E-state index contributed by atoms with van der Waals surface area (Å²) in [7, 11) is 1.42. The fourth-order valence-electron chi connectivity index (χ4n) is 2.51. The van der Waals surface area contributed by atoms with E-state index in [-0.39, 0.29) is 24.2 Å². The van der Waals surface area contributed by atoms with Gasteiger partial charge in [0.15, 0.2) is 5.78 Å². The summed E-state index contributed by atoms with van der Waals surface area (Å²) in [6.45, 7) is 1.64. The van der Waals surface area contributed by atoms with Crippen LogP contribution in [-0.2, 0) is 9.53 Å². The van der Waals surface area contributed by atoms with Gasteiger partial charge in [0.2, 0.25) is 0 Å². The van der Waals surface area contributed by atoms with E-state index >= 15 is 0 Å². The Balaban J connectivity index is 2.45. The molecular formula is C19H22O7. The van der Waals surface area contributed by atoms with Crippen LogP contribution in [0.3, 0.4) is 0 Å². The predicted molar refractivity (Wildman–Crippen MR) is 94.0 cm³/mol. The quantitative estimate of drug-likeness (QED) is 0.650. The van der Waals surface area contributed by atoms with Crippen molar-refractivity contribution in [1.82, 2.24) is 0 Å². The van der Waals surface area contributed by atoms with Crippen LogP contribution in [0.1, 0.15) is 35.7 Å². The van der Waals surface area contributed by atoms with Crippen LogP contribution < -0.4 is 4.74 Å². The van der Waals surface area contributed by atoms with E-state index in [0.717, 1.165) is 6.08 Å². The highest BCUT2D eigenvalue weighted by atomic mass is 16.5. The molecule has 0 saturated heterocycles. The number of fused-ring (bicyclic) bond motifs is 1.